The maximum absolute atomic E-state index is 14.8. The van der Waals surface area contributed by atoms with Crippen molar-refractivity contribution >= 4 is 12.2 Å². The van der Waals surface area contributed by atoms with Gasteiger partial charge in [-0.15, -0.1) is 0 Å². The van der Waals surface area contributed by atoms with E-state index in [0.29, 0.717) is 25.8 Å². The van der Waals surface area contributed by atoms with Crippen molar-refractivity contribution in [3.05, 3.63) is 12.2 Å². The minimum absolute atomic E-state index is 0.0734. The van der Waals surface area contributed by atoms with E-state index in [9.17, 15) is 24.2 Å². The predicted molar refractivity (Wildman–Crippen MR) is 112 cm³/mol. The van der Waals surface area contributed by atoms with Crippen LogP contribution >= 0.6 is 0 Å². The quantitative estimate of drug-likeness (QED) is 0.282. The normalized spacial score (nSPS) is 42.1. The fourth-order valence-electron chi connectivity index (χ4n) is 5.38. The first kappa shape index (κ1) is 23.7. The molecule has 2 bridgehead atoms. The molecule has 3 aliphatic rings. The van der Waals surface area contributed by atoms with Crippen LogP contribution in [-0.2, 0) is 4.74 Å². The number of piperidine rings is 1. The Kier molecular flexibility index (Phi) is 8.12. The Labute approximate surface area is 182 Å². The summed E-state index contributed by atoms with van der Waals surface area (Å²) in [6, 6.07) is -0.697. The summed E-state index contributed by atoms with van der Waals surface area (Å²) in [6.07, 6.45) is 3.05. The number of rotatable bonds is 2. The van der Waals surface area contributed by atoms with Gasteiger partial charge in [0.25, 0.3) is 0 Å². The van der Waals surface area contributed by atoms with E-state index in [1.165, 1.54) is 7.11 Å². The number of hydrogen-bond acceptors (Lipinski definition) is 6. The zero-order valence-corrected chi connectivity index (χ0v) is 18.1. The van der Waals surface area contributed by atoms with Crippen LogP contribution in [0, 0.1) is 23.7 Å². The number of aliphatic hydroxyl groups excluding tert-OH is 1. The standard InChI is InChI=1S/C21H35FN4O5/c1-11-4-3-5-16(26-20(28)29)15-8-12(10-23-18(15)22)14-7-6-13(24-21(30)31-2)9-17(14)25-19(11)27/h3-4,11-19,23,25-27H,5-10H2,1-2H3,(H,24,30)(H,28,29)/b4-3+. The molecule has 10 heteroatoms. The largest absolute Gasteiger partial charge is 0.465 e. The van der Waals surface area contributed by atoms with Crippen molar-refractivity contribution in [2.45, 2.75) is 69.7 Å². The second-order valence-corrected chi connectivity index (χ2v) is 9.08. The van der Waals surface area contributed by atoms with Gasteiger partial charge in [-0.05, 0) is 43.9 Å². The van der Waals surface area contributed by atoms with Crippen LogP contribution in [0.3, 0.4) is 0 Å². The van der Waals surface area contributed by atoms with Gasteiger partial charge in [0.05, 0.1) is 7.11 Å². The van der Waals surface area contributed by atoms with Crippen molar-refractivity contribution in [2.75, 3.05) is 13.7 Å². The van der Waals surface area contributed by atoms with Crippen LogP contribution in [0.15, 0.2) is 12.2 Å². The summed E-state index contributed by atoms with van der Waals surface area (Å²) in [4.78, 5) is 23.0. The molecule has 31 heavy (non-hydrogen) atoms. The summed E-state index contributed by atoms with van der Waals surface area (Å²) >= 11 is 0. The Morgan fingerprint density at radius 2 is 1.97 bits per heavy atom. The molecule has 1 saturated heterocycles. The second-order valence-electron chi connectivity index (χ2n) is 9.08. The zero-order valence-electron chi connectivity index (χ0n) is 18.1. The van der Waals surface area contributed by atoms with Gasteiger partial charge < -0.3 is 25.6 Å². The number of aliphatic hydroxyl groups is 1. The monoisotopic (exact) mass is 442 g/mol. The third-order valence-corrected chi connectivity index (χ3v) is 7.08. The van der Waals surface area contributed by atoms with Crippen LogP contribution in [0.1, 0.15) is 39.0 Å². The lowest BCUT2D eigenvalue weighted by Gasteiger charge is -2.46. The summed E-state index contributed by atoms with van der Waals surface area (Å²) in [6.45, 7) is 2.37. The van der Waals surface area contributed by atoms with Crippen molar-refractivity contribution in [3.8, 4) is 0 Å². The van der Waals surface area contributed by atoms with Crippen LogP contribution in [0.25, 0.3) is 0 Å². The molecule has 1 aliphatic carbocycles. The van der Waals surface area contributed by atoms with E-state index in [4.69, 9.17) is 4.74 Å². The topological polar surface area (TPSA) is 132 Å². The first-order valence-electron chi connectivity index (χ1n) is 11.1. The summed E-state index contributed by atoms with van der Waals surface area (Å²) in [5, 5.41) is 31.6. The Morgan fingerprint density at radius 3 is 2.68 bits per heavy atom. The molecule has 3 rings (SSSR count). The minimum atomic E-state index is -1.28. The minimum Gasteiger partial charge on any atom is -0.465 e. The molecule has 9 nitrogen and oxygen atoms in total. The highest BCUT2D eigenvalue weighted by Crippen LogP contribution is 2.38. The van der Waals surface area contributed by atoms with Crippen LogP contribution in [0.2, 0.25) is 0 Å². The van der Waals surface area contributed by atoms with Gasteiger partial charge in [0.15, 0.2) is 6.30 Å². The smallest absolute Gasteiger partial charge is 0.407 e. The van der Waals surface area contributed by atoms with E-state index in [-0.39, 0.29) is 29.8 Å². The lowest BCUT2D eigenvalue weighted by atomic mass is 9.69. The van der Waals surface area contributed by atoms with Gasteiger partial charge in [-0.1, -0.05) is 19.1 Å². The number of carboxylic acid groups (broad SMARTS) is 1. The van der Waals surface area contributed by atoms with Gasteiger partial charge in [-0.25, -0.2) is 14.0 Å². The fourth-order valence-corrected chi connectivity index (χ4v) is 5.38. The number of alkyl halides is 1. The molecular weight excluding hydrogens is 407 g/mol. The van der Waals surface area contributed by atoms with Crippen molar-refractivity contribution in [1.82, 2.24) is 21.3 Å². The third-order valence-electron chi connectivity index (χ3n) is 7.08. The Morgan fingerprint density at radius 1 is 1.19 bits per heavy atom. The van der Waals surface area contributed by atoms with Gasteiger partial charge in [-0.3, -0.25) is 10.6 Å². The van der Waals surface area contributed by atoms with E-state index in [0.717, 1.165) is 12.8 Å². The van der Waals surface area contributed by atoms with Crippen molar-refractivity contribution in [2.24, 2.45) is 23.7 Å². The number of methoxy groups -OCH3 is 1. The number of carbonyl (C=O) groups excluding carboxylic acids is 1. The molecule has 2 heterocycles. The van der Waals surface area contributed by atoms with Crippen molar-refractivity contribution < 1.29 is 28.9 Å². The van der Waals surface area contributed by atoms with E-state index in [1.54, 1.807) is 0 Å². The van der Waals surface area contributed by atoms with Gasteiger partial charge in [0.1, 0.15) is 6.23 Å². The number of alkyl carbamates (subject to hydrolysis) is 1. The molecule has 1 saturated carbocycles. The van der Waals surface area contributed by atoms with Crippen molar-refractivity contribution in [1.29, 1.82) is 0 Å². The molecule has 2 fully saturated rings. The first-order chi connectivity index (χ1) is 14.8. The lowest BCUT2D eigenvalue weighted by Crippen LogP contribution is -2.58. The van der Waals surface area contributed by atoms with Gasteiger partial charge in [0, 0.05) is 36.5 Å². The Balaban J connectivity index is 1.84. The first-order valence-corrected chi connectivity index (χ1v) is 11.1. The fraction of sp³-hybridized carbons (Fsp3) is 0.810. The number of amides is 2. The number of ether oxygens (including phenoxy) is 1. The Bertz CT molecular complexity index is 666. The summed E-state index contributed by atoms with van der Waals surface area (Å²) < 4.78 is 19.5. The van der Waals surface area contributed by atoms with Gasteiger partial charge >= 0.3 is 12.2 Å². The van der Waals surface area contributed by atoms with Crippen LogP contribution in [0.4, 0.5) is 14.0 Å². The molecule has 2 aliphatic heterocycles. The lowest BCUT2D eigenvalue weighted by molar-refractivity contribution is 0.0160. The molecule has 0 aromatic carbocycles. The molecule has 0 aromatic rings. The summed E-state index contributed by atoms with van der Waals surface area (Å²) in [5.41, 5.74) is 0. The molecule has 9 unspecified atom stereocenters. The highest BCUT2D eigenvalue weighted by atomic mass is 19.1. The SMILES string of the molecule is COC(=O)NC1CCC2C3CNC(F)C(C3)C(NC(=O)O)C/C=C/C(C)C(O)NC2C1. The molecule has 176 valence electrons. The summed E-state index contributed by atoms with van der Waals surface area (Å²) in [7, 11) is 1.33. The number of nitrogens with one attached hydrogen (secondary N) is 4. The molecule has 2 amide bonds. The molecule has 0 spiro atoms. The second kappa shape index (κ2) is 10.6. The van der Waals surface area contributed by atoms with Crippen LogP contribution in [-0.4, -0.2) is 66.7 Å². The molecule has 0 aromatic heterocycles. The van der Waals surface area contributed by atoms with E-state index in [2.05, 4.69) is 21.3 Å². The molecule has 6 N–H and O–H groups in total. The number of halogens is 1. The van der Waals surface area contributed by atoms with Crippen LogP contribution in [0.5, 0.6) is 0 Å². The number of hydrogen-bond donors (Lipinski definition) is 6. The maximum atomic E-state index is 14.8. The average Bonchev–Trinajstić information content (AvgIpc) is 2.72. The maximum Gasteiger partial charge on any atom is 0.407 e. The van der Waals surface area contributed by atoms with Gasteiger partial charge in [-0.2, -0.15) is 0 Å². The predicted octanol–water partition coefficient (Wildman–Crippen LogP) is 1.54. The highest BCUT2D eigenvalue weighted by Gasteiger charge is 2.43. The zero-order chi connectivity index (χ0) is 22.5. The number of fused-ring (bicyclic) bond motifs is 4. The van der Waals surface area contributed by atoms with E-state index in [1.807, 2.05) is 19.1 Å². The number of carbonyl (C=O) groups is 2. The molecule has 0 radical (unpaired) electrons. The van der Waals surface area contributed by atoms with E-state index < -0.39 is 36.7 Å². The highest BCUT2D eigenvalue weighted by molar-refractivity contribution is 5.67. The molecule has 9 atom stereocenters. The van der Waals surface area contributed by atoms with E-state index >= 15 is 0 Å². The summed E-state index contributed by atoms with van der Waals surface area (Å²) in [5.74, 6) is -0.407. The van der Waals surface area contributed by atoms with Crippen molar-refractivity contribution in [3.63, 3.8) is 0 Å². The average molecular weight is 443 g/mol. The van der Waals surface area contributed by atoms with Gasteiger partial charge in [0.2, 0.25) is 0 Å². The Hall–Kier alpha value is -1.91. The third kappa shape index (κ3) is 6.08. The molecular formula is C21H35FN4O5. The van der Waals surface area contributed by atoms with Crippen LogP contribution < -0.4 is 21.3 Å².